The van der Waals surface area contributed by atoms with Crippen LogP contribution in [-0.2, 0) is 10.0 Å². The normalized spacial score (nSPS) is 14.6. The summed E-state index contributed by atoms with van der Waals surface area (Å²) in [4.78, 5) is 0. The van der Waals surface area contributed by atoms with Gasteiger partial charge in [-0.3, -0.25) is 4.72 Å². The molecule has 1 aliphatic carbocycles. The Balaban J connectivity index is 1.74. The average molecular weight is 464 g/mol. The fourth-order valence-electron chi connectivity index (χ4n) is 4.08. The molecule has 1 aliphatic rings. The largest absolute Gasteiger partial charge is 0.488 e. The third-order valence-electron chi connectivity index (χ3n) is 5.74. The molecule has 0 atom stereocenters. The number of anilines is 2. The zero-order chi connectivity index (χ0) is 22.9. The summed E-state index contributed by atoms with van der Waals surface area (Å²) in [7, 11) is -3.37. The van der Waals surface area contributed by atoms with Crippen molar-refractivity contribution >= 4 is 32.3 Å². The van der Waals surface area contributed by atoms with Gasteiger partial charge < -0.3 is 15.0 Å². The average Bonchev–Trinajstić information content (AvgIpc) is 2.97. The van der Waals surface area contributed by atoms with Gasteiger partial charge in [0.25, 0.3) is 6.43 Å². The molecule has 0 aliphatic heterocycles. The summed E-state index contributed by atoms with van der Waals surface area (Å²) in [5.74, 6) is 0.441. The van der Waals surface area contributed by atoms with Crippen molar-refractivity contribution in [2.75, 3.05) is 22.8 Å². The van der Waals surface area contributed by atoms with Crippen LogP contribution in [0.2, 0.25) is 0 Å². The number of hydrogen-bond acceptors (Lipinski definition) is 4. The van der Waals surface area contributed by atoms with Crippen LogP contribution in [-0.4, -0.2) is 31.8 Å². The van der Waals surface area contributed by atoms with Crippen LogP contribution in [0.15, 0.2) is 42.5 Å². The van der Waals surface area contributed by atoms with Crippen LogP contribution >= 0.6 is 0 Å². The highest BCUT2D eigenvalue weighted by molar-refractivity contribution is 7.92. The first kappa shape index (κ1) is 22.4. The van der Waals surface area contributed by atoms with Gasteiger partial charge in [-0.05, 0) is 49.9 Å². The Bertz CT molecular complexity index is 1200. The van der Waals surface area contributed by atoms with E-state index in [0.717, 1.165) is 41.4 Å². The zero-order valence-corrected chi connectivity index (χ0v) is 18.7. The number of nitrogen functional groups attached to an aromatic ring is 1. The van der Waals surface area contributed by atoms with Gasteiger partial charge >= 0.3 is 0 Å². The second-order valence-electron chi connectivity index (χ2n) is 8.10. The van der Waals surface area contributed by atoms with Gasteiger partial charge in [0, 0.05) is 28.7 Å². The fraction of sp³-hybridized carbons (Fsp3) is 0.391. The molecule has 9 heteroatoms. The molecule has 3 aromatic rings. The number of halogens is 2. The highest BCUT2D eigenvalue weighted by atomic mass is 32.2. The molecule has 0 spiro atoms. The molecule has 172 valence electrons. The minimum Gasteiger partial charge on any atom is -0.488 e. The molecular weight excluding hydrogens is 436 g/mol. The van der Waals surface area contributed by atoms with Crippen LogP contribution in [0.5, 0.6) is 5.75 Å². The van der Waals surface area contributed by atoms with E-state index in [2.05, 4.69) is 9.29 Å². The molecule has 1 fully saturated rings. The lowest BCUT2D eigenvalue weighted by Crippen LogP contribution is -2.18. The molecule has 0 bridgehead atoms. The molecular formula is C23H27F2N3O3S. The maximum Gasteiger partial charge on any atom is 0.272 e. The quantitative estimate of drug-likeness (QED) is 0.444. The van der Waals surface area contributed by atoms with Gasteiger partial charge in [0.1, 0.15) is 12.4 Å². The Morgan fingerprint density at radius 2 is 1.91 bits per heavy atom. The molecule has 6 nitrogen and oxygen atoms in total. The summed E-state index contributed by atoms with van der Waals surface area (Å²) in [6, 6.07) is 12.6. The van der Waals surface area contributed by atoms with E-state index < -0.39 is 23.1 Å². The van der Waals surface area contributed by atoms with Gasteiger partial charge in [0.2, 0.25) is 10.0 Å². The summed E-state index contributed by atoms with van der Waals surface area (Å²) in [5, 5.41) is 0.837. The molecule has 1 heterocycles. The summed E-state index contributed by atoms with van der Waals surface area (Å²) in [6.45, 7) is 1.15. The molecule has 0 radical (unpaired) electrons. The lowest BCUT2D eigenvalue weighted by Gasteiger charge is -2.30. The van der Waals surface area contributed by atoms with Crippen molar-refractivity contribution in [2.45, 2.75) is 45.1 Å². The van der Waals surface area contributed by atoms with Crippen LogP contribution < -0.4 is 15.2 Å². The van der Waals surface area contributed by atoms with Crippen molar-refractivity contribution in [3.63, 3.8) is 0 Å². The number of nitrogens with two attached hydrogens (primary N) is 1. The van der Waals surface area contributed by atoms with E-state index in [1.54, 1.807) is 30.3 Å². The zero-order valence-electron chi connectivity index (χ0n) is 17.9. The van der Waals surface area contributed by atoms with E-state index >= 15 is 0 Å². The number of nitrogens with one attached hydrogen (secondary N) is 1. The molecule has 4 rings (SSSR count). The smallest absolute Gasteiger partial charge is 0.272 e. The van der Waals surface area contributed by atoms with Crippen LogP contribution in [0.4, 0.5) is 20.2 Å². The molecule has 1 saturated carbocycles. The number of rotatable bonds is 9. The van der Waals surface area contributed by atoms with Crippen molar-refractivity contribution in [1.29, 1.82) is 0 Å². The Hall–Kier alpha value is -2.81. The number of sulfonamides is 1. The molecule has 0 saturated heterocycles. The van der Waals surface area contributed by atoms with Crippen LogP contribution in [0.25, 0.3) is 22.2 Å². The first-order valence-corrected chi connectivity index (χ1v) is 12.4. The molecule has 3 N–H and O–H groups in total. The molecule has 0 unspecified atom stereocenters. The number of hydrogen-bond donors (Lipinski definition) is 2. The first-order chi connectivity index (χ1) is 15.3. The minimum atomic E-state index is -3.37. The molecule has 1 aromatic heterocycles. The third-order valence-corrected chi connectivity index (χ3v) is 7.23. The Morgan fingerprint density at radius 3 is 2.50 bits per heavy atom. The van der Waals surface area contributed by atoms with Crippen molar-refractivity contribution < 1.29 is 21.9 Å². The highest BCUT2D eigenvalue weighted by Gasteiger charge is 2.27. The van der Waals surface area contributed by atoms with Crippen LogP contribution in [0, 0.1) is 0 Å². The van der Waals surface area contributed by atoms with Gasteiger partial charge in [-0.1, -0.05) is 19.1 Å². The Labute approximate surface area is 186 Å². The van der Waals surface area contributed by atoms with E-state index in [1.165, 1.54) is 0 Å². The maximum absolute atomic E-state index is 12.6. The van der Waals surface area contributed by atoms with Crippen molar-refractivity contribution in [1.82, 2.24) is 4.57 Å². The Morgan fingerprint density at radius 1 is 1.19 bits per heavy atom. The van der Waals surface area contributed by atoms with Gasteiger partial charge in [-0.15, -0.1) is 0 Å². The van der Waals surface area contributed by atoms with Gasteiger partial charge in [-0.25, -0.2) is 17.2 Å². The van der Waals surface area contributed by atoms with Crippen molar-refractivity contribution in [2.24, 2.45) is 0 Å². The second-order valence-corrected chi connectivity index (χ2v) is 9.94. The topological polar surface area (TPSA) is 86.3 Å². The van der Waals surface area contributed by atoms with Crippen molar-refractivity contribution in [3.8, 4) is 17.0 Å². The third kappa shape index (κ3) is 4.53. The Kier molecular flexibility index (Phi) is 6.28. The number of aromatic nitrogens is 1. The SMILES string of the molecule is CCCS(=O)(=O)Nc1ccc(-c2c(N)c3ccc(OCC(F)F)cc3n2C2CCC2)cc1. The van der Waals surface area contributed by atoms with Crippen LogP contribution in [0.3, 0.4) is 0 Å². The van der Waals surface area contributed by atoms with Gasteiger partial charge in [0.15, 0.2) is 0 Å². The van der Waals surface area contributed by atoms with E-state index in [1.807, 2.05) is 19.1 Å². The van der Waals surface area contributed by atoms with E-state index in [4.69, 9.17) is 10.5 Å². The standard InChI is InChI=1S/C23H27F2N3O3S/c1-2-12-32(29,30)27-16-8-6-15(7-9-16)23-22(26)19-11-10-18(31-14-21(24)25)13-20(19)28(23)17-4-3-5-17/h6-11,13,17,21,27H,2-5,12,14,26H2,1H3. The molecule has 2 aromatic carbocycles. The summed E-state index contributed by atoms with van der Waals surface area (Å²) in [6.07, 6.45) is 1.12. The predicted octanol–water partition coefficient (Wildman–Crippen LogP) is 5.41. The van der Waals surface area contributed by atoms with Gasteiger partial charge in [-0.2, -0.15) is 0 Å². The minimum absolute atomic E-state index is 0.0631. The van der Waals surface area contributed by atoms with E-state index in [9.17, 15) is 17.2 Å². The number of alkyl halides is 2. The maximum atomic E-state index is 12.6. The summed E-state index contributed by atoms with van der Waals surface area (Å²) in [5.41, 5.74) is 10.2. The summed E-state index contributed by atoms with van der Waals surface area (Å²) < 4.78 is 59.2. The fourth-order valence-corrected chi connectivity index (χ4v) is 5.21. The summed E-state index contributed by atoms with van der Waals surface area (Å²) >= 11 is 0. The van der Waals surface area contributed by atoms with Gasteiger partial charge in [0.05, 0.1) is 22.7 Å². The number of fused-ring (bicyclic) bond motifs is 1. The van der Waals surface area contributed by atoms with E-state index in [0.29, 0.717) is 23.5 Å². The van der Waals surface area contributed by atoms with E-state index in [-0.39, 0.29) is 11.8 Å². The number of benzene rings is 2. The number of ether oxygens (including phenoxy) is 1. The predicted molar refractivity (Wildman–Crippen MR) is 124 cm³/mol. The number of nitrogens with zero attached hydrogens (tertiary/aromatic N) is 1. The highest BCUT2D eigenvalue weighted by Crippen LogP contribution is 2.45. The molecule has 32 heavy (non-hydrogen) atoms. The monoisotopic (exact) mass is 463 g/mol. The van der Waals surface area contributed by atoms with Crippen LogP contribution in [0.1, 0.15) is 38.6 Å². The lowest BCUT2D eigenvalue weighted by atomic mass is 9.92. The molecule has 0 amide bonds. The first-order valence-electron chi connectivity index (χ1n) is 10.7. The lowest BCUT2D eigenvalue weighted by molar-refractivity contribution is 0.0819. The second kappa shape index (κ2) is 8.97. The van der Waals surface area contributed by atoms with Crippen molar-refractivity contribution in [3.05, 3.63) is 42.5 Å².